The van der Waals surface area contributed by atoms with Crippen LogP contribution in [0.25, 0.3) is 21.9 Å². The van der Waals surface area contributed by atoms with Crippen molar-refractivity contribution in [3.63, 3.8) is 0 Å². The minimum absolute atomic E-state index is 0.00419. The molecular weight excluding hydrogens is 348 g/mol. The first-order valence-electron chi connectivity index (χ1n) is 7.91. The normalized spacial score (nSPS) is 29.3. The zero-order valence-corrected chi connectivity index (χ0v) is 13.3. The largest absolute Gasteiger partial charge is 0.460 e. The fourth-order valence-electron chi connectivity index (χ4n) is 2.99. The number of aliphatic hydroxyl groups is 4. The third-order valence-electron chi connectivity index (χ3n) is 4.37. The van der Waals surface area contributed by atoms with E-state index in [4.69, 9.17) is 18.3 Å². The van der Waals surface area contributed by atoms with Gasteiger partial charge in [0.25, 0.3) is 0 Å². The van der Waals surface area contributed by atoms with Gasteiger partial charge in [-0.25, -0.2) is 4.79 Å². The van der Waals surface area contributed by atoms with Crippen molar-refractivity contribution in [2.24, 2.45) is 0 Å². The summed E-state index contributed by atoms with van der Waals surface area (Å²) in [7, 11) is 0. The van der Waals surface area contributed by atoms with Crippen molar-refractivity contribution in [3.8, 4) is 5.75 Å². The maximum absolute atomic E-state index is 11.6. The Kier molecular flexibility index (Phi) is 4.17. The summed E-state index contributed by atoms with van der Waals surface area (Å²) in [6, 6.07) is 6.22. The van der Waals surface area contributed by atoms with Gasteiger partial charge in [-0.2, -0.15) is 0 Å². The molecule has 1 aliphatic rings. The molecule has 5 atom stereocenters. The summed E-state index contributed by atoms with van der Waals surface area (Å²) in [6.45, 7) is -0.592. The molecule has 4 rings (SSSR count). The van der Waals surface area contributed by atoms with E-state index < -0.39 is 42.9 Å². The molecule has 1 saturated heterocycles. The molecule has 3 aromatic rings. The van der Waals surface area contributed by atoms with Crippen molar-refractivity contribution in [1.82, 2.24) is 0 Å². The highest BCUT2D eigenvalue weighted by Gasteiger charge is 2.45. The molecular formula is C17H16O9. The lowest BCUT2D eigenvalue weighted by molar-refractivity contribution is -0.277. The smallest absolute Gasteiger partial charge is 0.336 e. The van der Waals surface area contributed by atoms with E-state index in [0.717, 1.165) is 0 Å². The molecule has 1 fully saturated rings. The van der Waals surface area contributed by atoms with Gasteiger partial charge in [-0.3, -0.25) is 0 Å². The van der Waals surface area contributed by atoms with Crippen LogP contribution in [0, 0.1) is 0 Å². The second-order valence-electron chi connectivity index (χ2n) is 6.03. The van der Waals surface area contributed by atoms with Gasteiger partial charge in [0, 0.05) is 16.8 Å². The average Bonchev–Trinajstić information content (AvgIpc) is 3.10. The van der Waals surface area contributed by atoms with Crippen LogP contribution in [-0.2, 0) is 4.74 Å². The van der Waals surface area contributed by atoms with E-state index in [9.17, 15) is 25.2 Å². The van der Waals surface area contributed by atoms with Gasteiger partial charge in [-0.05, 0) is 18.2 Å². The van der Waals surface area contributed by atoms with E-state index in [2.05, 4.69) is 0 Å². The van der Waals surface area contributed by atoms with E-state index in [0.29, 0.717) is 10.8 Å². The molecule has 3 heterocycles. The Morgan fingerprint density at radius 3 is 2.54 bits per heavy atom. The predicted octanol–water partition coefficient (Wildman–Crippen LogP) is -0.282. The lowest BCUT2D eigenvalue weighted by atomic mass is 9.99. The molecule has 1 aliphatic heterocycles. The first-order chi connectivity index (χ1) is 12.5. The number of rotatable bonds is 3. The molecule has 0 amide bonds. The van der Waals surface area contributed by atoms with Gasteiger partial charge in [-0.15, -0.1) is 0 Å². The first kappa shape index (κ1) is 17.0. The fourth-order valence-corrected chi connectivity index (χ4v) is 2.99. The van der Waals surface area contributed by atoms with Gasteiger partial charge in [-0.1, -0.05) is 0 Å². The number of furan rings is 1. The predicted molar refractivity (Wildman–Crippen MR) is 86.7 cm³/mol. The summed E-state index contributed by atoms with van der Waals surface area (Å²) >= 11 is 0. The van der Waals surface area contributed by atoms with Gasteiger partial charge in [0.15, 0.2) is 11.2 Å². The van der Waals surface area contributed by atoms with Crippen LogP contribution in [0.3, 0.4) is 0 Å². The number of fused-ring (bicyclic) bond motifs is 2. The fraction of sp³-hybridized carbons (Fsp3) is 0.353. The quantitative estimate of drug-likeness (QED) is 0.461. The van der Waals surface area contributed by atoms with Crippen LogP contribution in [-0.4, -0.2) is 57.7 Å². The Bertz CT molecular complexity index is 989. The van der Waals surface area contributed by atoms with E-state index in [-0.39, 0.29) is 16.9 Å². The van der Waals surface area contributed by atoms with Gasteiger partial charge in [0.2, 0.25) is 12.0 Å². The van der Waals surface area contributed by atoms with E-state index in [1.54, 1.807) is 18.2 Å². The second-order valence-corrected chi connectivity index (χ2v) is 6.03. The highest BCUT2D eigenvalue weighted by molar-refractivity contribution is 5.99. The van der Waals surface area contributed by atoms with Crippen molar-refractivity contribution < 1.29 is 38.7 Å². The van der Waals surface area contributed by atoms with Crippen LogP contribution in [0.5, 0.6) is 5.75 Å². The first-order valence-corrected chi connectivity index (χ1v) is 7.91. The van der Waals surface area contributed by atoms with Crippen molar-refractivity contribution in [2.45, 2.75) is 30.7 Å². The van der Waals surface area contributed by atoms with E-state index in [1.807, 2.05) is 0 Å². The van der Waals surface area contributed by atoms with Crippen molar-refractivity contribution in [2.75, 3.05) is 6.61 Å². The zero-order chi connectivity index (χ0) is 18.4. The number of hydrogen-bond acceptors (Lipinski definition) is 9. The van der Waals surface area contributed by atoms with Crippen LogP contribution in [0.1, 0.15) is 0 Å². The third kappa shape index (κ3) is 2.66. The van der Waals surface area contributed by atoms with Crippen LogP contribution in [0.15, 0.2) is 44.2 Å². The summed E-state index contributed by atoms with van der Waals surface area (Å²) in [5, 5.41) is 40.4. The molecule has 1 aromatic carbocycles. The SMILES string of the molecule is O=c1ccc2cc3ccoc3c(O[C@@H]3O[C@H](CO)[C@H](O)[C@H](O)[C@H]3O)c2o1. The molecule has 26 heavy (non-hydrogen) atoms. The second kappa shape index (κ2) is 6.38. The summed E-state index contributed by atoms with van der Waals surface area (Å²) in [6.07, 6.45) is -5.86. The van der Waals surface area contributed by atoms with Crippen molar-refractivity contribution >= 4 is 21.9 Å². The molecule has 0 spiro atoms. The van der Waals surface area contributed by atoms with Crippen molar-refractivity contribution in [3.05, 3.63) is 40.9 Å². The Balaban J connectivity index is 1.81. The lowest BCUT2D eigenvalue weighted by Crippen LogP contribution is -2.60. The number of hydrogen-bond donors (Lipinski definition) is 4. The highest BCUT2D eigenvalue weighted by atomic mass is 16.7. The molecule has 4 N–H and O–H groups in total. The molecule has 0 saturated carbocycles. The molecule has 0 radical (unpaired) electrons. The molecule has 9 heteroatoms. The Labute approximate surface area is 145 Å². The van der Waals surface area contributed by atoms with Crippen LogP contribution < -0.4 is 10.4 Å². The minimum Gasteiger partial charge on any atom is -0.460 e. The standard InChI is InChI=1S/C17H16O9/c18-6-9-11(20)12(21)13(22)17(24-9)26-16-14-8(3-4-23-14)5-7-1-2-10(19)25-15(7)16/h1-5,9,11-13,17-18,20-22H,6H2/t9-,11+,12+,13-,17+/m1/s1. The van der Waals surface area contributed by atoms with Gasteiger partial charge >= 0.3 is 5.63 Å². The summed E-state index contributed by atoms with van der Waals surface area (Å²) < 4.78 is 21.6. The Morgan fingerprint density at radius 1 is 1.00 bits per heavy atom. The number of ether oxygens (including phenoxy) is 2. The van der Waals surface area contributed by atoms with Crippen LogP contribution in [0.2, 0.25) is 0 Å². The summed E-state index contributed by atoms with van der Waals surface area (Å²) in [4.78, 5) is 11.6. The number of aliphatic hydroxyl groups excluding tert-OH is 4. The van der Waals surface area contributed by atoms with Crippen LogP contribution >= 0.6 is 0 Å². The number of benzene rings is 1. The Hall–Kier alpha value is -2.43. The highest BCUT2D eigenvalue weighted by Crippen LogP contribution is 2.37. The topological polar surface area (TPSA) is 143 Å². The van der Waals surface area contributed by atoms with Crippen molar-refractivity contribution in [1.29, 1.82) is 0 Å². The van der Waals surface area contributed by atoms with E-state index in [1.165, 1.54) is 12.3 Å². The molecule has 138 valence electrons. The lowest BCUT2D eigenvalue weighted by Gasteiger charge is -2.39. The molecule has 2 aromatic heterocycles. The Morgan fingerprint density at radius 2 is 1.77 bits per heavy atom. The maximum Gasteiger partial charge on any atom is 0.336 e. The summed E-state index contributed by atoms with van der Waals surface area (Å²) in [5.41, 5.74) is -0.275. The average molecular weight is 364 g/mol. The van der Waals surface area contributed by atoms with Crippen LogP contribution in [0.4, 0.5) is 0 Å². The summed E-state index contributed by atoms with van der Waals surface area (Å²) in [5.74, 6) is 0.00419. The monoisotopic (exact) mass is 364 g/mol. The molecule has 0 aliphatic carbocycles. The van der Waals surface area contributed by atoms with Gasteiger partial charge in [0.1, 0.15) is 24.4 Å². The minimum atomic E-state index is -1.61. The third-order valence-corrected chi connectivity index (χ3v) is 4.37. The maximum atomic E-state index is 11.6. The van der Waals surface area contributed by atoms with E-state index >= 15 is 0 Å². The van der Waals surface area contributed by atoms with Gasteiger partial charge < -0.3 is 38.7 Å². The van der Waals surface area contributed by atoms with Gasteiger partial charge in [0.05, 0.1) is 12.9 Å². The molecule has 0 bridgehead atoms. The zero-order valence-electron chi connectivity index (χ0n) is 13.3. The molecule has 0 unspecified atom stereocenters. The molecule has 9 nitrogen and oxygen atoms in total.